The molecule has 4 heteroatoms. The summed E-state index contributed by atoms with van der Waals surface area (Å²) in [4.78, 5) is 14.4. The van der Waals surface area contributed by atoms with E-state index in [0.29, 0.717) is 24.0 Å². The van der Waals surface area contributed by atoms with Crippen LogP contribution in [0.1, 0.15) is 39.0 Å². The molecule has 0 aromatic carbocycles. The van der Waals surface area contributed by atoms with Crippen molar-refractivity contribution in [1.82, 2.24) is 10.2 Å². The quantitative estimate of drug-likeness (QED) is 0.750. The minimum atomic E-state index is -0.0235. The second-order valence-corrected chi connectivity index (χ2v) is 5.88. The van der Waals surface area contributed by atoms with Gasteiger partial charge in [0.1, 0.15) is 0 Å². The van der Waals surface area contributed by atoms with Gasteiger partial charge in [0.05, 0.1) is 6.04 Å². The van der Waals surface area contributed by atoms with Gasteiger partial charge < -0.3 is 10.4 Å². The molecule has 1 aliphatic carbocycles. The van der Waals surface area contributed by atoms with Gasteiger partial charge in [0, 0.05) is 24.7 Å². The van der Waals surface area contributed by atoms with Crippen LogP contribution in [-0.4, -0.2) is 46.7 Å². The Labute approximate surface area is 102 Å². The van der Waals surface area contributed by atoms with E-state index in [9.17, 15) is 9.90 Å². The molecule has 3 fully saturated rings. The Morgan fingerprint density at radius 1 is 1.41 bits per heavy atom. The van der Waals surface area contributed by atoms with Crippen LogP contribution in [0.15, 0.2) is 0 Å². The molecule has 0 radical (unpaired) electrons. The molecule has 4 nitrogen and oxygen atoms in total. The molecule has 4 unspecified atom stereocenters. The molecule has 2 N–H and O–H groups in total. The fourth-order valence-corrected chi connectivity index (χ4v) is 3.64. The lowest BCUT2D eigenvalue weighted by molar-refractivity contribution is -0.126. The van der Waals surface area contributed by atoms with Crippen molar-refractivity contribution < 1.29 is 9.90 Å². The van der Waals surface area contributed by atoms with Crippen molar-refractivity contribution in [3.05, 3.63) is 0 Å². The third kappa shape index (κ3) is 1.97. The normalized spacial score (nSPS) is 38.4. The Morgan fingerprint density at radius 2 is 2.18 bits per heavy atom. The minimum absolute atomic E-state index is 0.0235. The van der Waals surface area contributed by atoms with Crippen LogP contribution in [0.25, 0.3) is 0 Å². The van der Waals surface area contributed by atoms with Crippen LogP contribution in [0, 0.1) is 5.92 Å². The molecule has 2 aliphatic heterocycles. The maximum Gasteiger partial charge on any atom is 0.237 e. The van der Waals surface area contributed by atoms with Crippen LogP contribution in [-0.2, 0) is 4.79 Å². The number of nitrogens with zero attached hydrogens (tertiary/aromatic N) is 1. The Hall–Kier alpha value is -0.610. The van der Waals surface area contributed by atoms with Crippen LogP contribution >= 0.6 is 0 Å². The van der Waals surface area contributed by atoms with Crippen LogP contribution in [0.3, 0.4) is 0 Å². The van der Waals surface area contributed by atoms with Crippen molar-refractivity contribution in [2.75, 3.05) is 6.61 Å². The first-order valence-corrected chi connectivity index (χ1v) is 6.89. The maximum atomic E-state index is 12.1. The molecule has 0 spiro atoms. The molecule has 4 atom stereocenters. The van der Waals surface area contributed by atoms with Gasteiger partial charge in [-0.3, -0.25) is 9.69 Å². The van der Waals surface area contributed by atoms with Crippen molar-refractivity contribution >= 4 is 5.91 Å². The first kappa shape index (κ1) is 11.5. The van der Waals surface area contributed by atoms with E-state index in [0.717, 1.165) is 25.7 Å². The Bertz CT molecular complexity index is 317. The van der Waals surface area contributed by atoms with E-state index in [1.165, 1.54) is 6.42 Å². The van der Waals surface area contributed by atoms with Gasteiger partial charge in [-0.25, -0.2) is 0 Å². The second-order valence-electron chi connectivity index (χ2n) is 5.88. The van der Waals surface area contributed by atoms with E-state index in [-0.39, 0.29) is 18.6 Å². The molecule has 1 amide bonds. The smallest absolute Gasteiger partial charge is 0.237 e. The van der Waals surface area contributed by atoms with Gasteiger partial charge in [-0.2, -0.15) is 0 Å². The Kier molecular flexibility index (Phi) is 2.87. The number of aliphatic hydroxyl groups is 1. The number of carbonyl (C=O) groups is 1. The van der Waals surface area contributed by atoms with Crippen molar-refractivity contribution in [3.63, 3.8) is 0 Å². The molecule has 0 aromatic rings. The standard InChI is InChI=1S/C13H22N2O2/c1-8(13(17)14-10-2-3-10)15-11-4-5-12(15)9(6-11)7-16/h8-12,16H,2-7H2,1H3,(H,14,17). The molecular formula is C13H22N2O2. The number of rotatable bonds is 4. The van der Waals surface area contributed by atoms with E-state index in [4.69, 9.17) is 0 Å². The van der Waals surface area contributed by atoms with Gasteiger partial charge in [-0.05, 0) is 44.9 Å². The lowest BCUT2D eigenvalue weighted by atomic mass is 9.90. The van der Waals surface area contributed by atoms with Gasteiger partial charge in [0.15, 0.2) is 0 Å². The highest BCUT2D eigenvalue weighted by Gasteiger charge is 2.49. The zero-order chi connectivity index (χ0) is 12.0. The summed E-state index contributed by atoms with van der Waals surface area (Å²) in [5.41, 5.74) is 0. The summed E-state index contributed by atoms with van der Waals surface area (Å²) in [6, 6.07) is 1.38. The summed E-state index contributed by atoms with van der Waals surface area (Å²) in [7, 11) is 0. The summed E-state index contributed by atoms with van der Waals surface area (Å²) >= 11 is 0. The van der Waals surface area contributed by atoms with Gasteiger partial charge in [-0.1, -0.05) is 0 Å². The largest absolute Gasteiger partial charge is 0.396 e. The number of hydrogen-bond donors (Lipinski definition) is 2. The Morgan fingerprint density at radius 3 is 2.76 bits per heavy atom. The maximum absolute atomic E-state index is 12.1. The first-order valence-electron chi connectivity index (χ1n) is 6.89. The van der Waals surface area contributed by atoms with E-state index in [1.54, 1.807) is 0 Å². The number of amides is 1. The van der Waals surface area contributed by atoms with Crippen LogP contribution in [0.2, 0.25) is 0 Å². The molecule has 3 aliphatic rings. The highest BCUT2D eigenvalue weighted by Crippen LogP contribution is 2.42. The average Bonchev–Trinajstić information content (AvgIpc) is 2.97. The van der Waals surface area contributed by atoms with Crippen LogP contribution in [0.5, 0.6) is 0 Å². The SMILES string of the molecule is CC(C(=O)NC1CC1)N1C2CCC1C(CO)C2. The highest BCUT2D eigenvalue weighted by molar-refractivity contribution is 5.82. The molecule has 0 aromatic heterocycles. The van der Waals surface area contributed by atoms with Crippen molar-refractivity contribution in [1.29, 1.82) is 0 Å². The predicted molar refractivity (Wildman–Crippen MR) is 64.5 cm³/mol. The van der Waals surface area contributed by atoms with Gasteiger partial charge in [0.2, 0.25) is 5.91 Å². The second kappa shape index (κ2) is 4.25. The van der Waals surface area contributed by atoms with Crippen LogP contribution < -0.4 is 5.32 Å². The lowest BCUT2D eigenvalue weighted by Crippen LogP contribution is -2.48. The third-order valence-corrected chi connectivity index (χ3v) is 4.70. The topological polar surface area (TPSA) is 52.6 Å². The van der Waals surface area contributed by atoms with Gasteiger partial charge in [-0.15, -0.1) is 0 Å². The molecule has 3 rings (SSSR count). The van der Waals surface area contributed by atoms with Crippen molar-refractivity contribution in [2.45, 2.75) is 63.2 Å². The zero-order valence-electron chi connectivity index (χ0n) is 10.4. The zero-order valence-corrected chi connectivity index (χ0v) is 10.4. The summed E-state index contributed by atoms with van der Waals surface area (Å²) < 4.78 is 0. The van der Waals surface area contributed by atoms with Crippen molar-refractivity contribution in [3.8, 4) is 0 Å². The summed E-state index contributed by atoms with van der Waals surface area (Å²) in [6.45, 7) is 2.29. The fourth-order valence-electron chi connectivity index (χ4n) is 3.64. The number of carbonyl (C=O) groups excluding carboxylic acids is 1. The number of fused-ring (bicyclic) bond motifs is 2. The molecule has 1 saturated carbocycles. The first-order chi connectivity index (χ1) is 8.20. The lowest BCUT2D eigenvalue weighted by Gasteiger charge is -2.29. The van der Waals surface area contributed by atoms with E-state index in [1.807, 2.05) is 6.92 Å². The molecule has 96 valence electrons. The summed E-state index contributed by atoms with van der Waals surface area (Å²) in [6.07, 6.45) is 5.70. The molecular weight excluding hydrogens is 216 g/mol. The summed E-state index contributed by atoms with van der Waals surface area (Å²) in [5.74, 6) is 0.577. The average molecular weight is 238 g/mol. The van der Waals surface area contributed by atoms with Gasteiger partial charge in [0.25, 0.3) is 0 Å². The van der Waals surface area contributed by atoms with E-state index < -0.39 is 0 Å². The molecule has 2 bridgehead atoms. The van der Waals surface area contributed by atoms with Crippen LogP contribution in [0.4, 0.5) is 0 Å². The monoisotopic (exact) mass is 238 g/mol. The number of aliphatic hydroxyl groups excluding tert-OH is 1. The van der Waals surface area contributed by atoms with Gasteiger partial charge >= 0.3 is 0 Å². The highest BCUT2D eigenvalue weighted by atomic mass is 16.3. The van der Waals surface area contributed by atoms with E-state index >= 15 is 0 Å². The minimum Gasteiger partial charge on any atom is -0.396 e. The summed E-state index contributed by atoms with van der Waals surface area (Å²) in [5, 5.41) is 12.4. The predicted octanol–water partition coefficient (Wildman–Crippen LogP) is 0.499. The fraction of sp³-hybridized carbons (Fsp3) is 0.923. The Balaban J connectivity index is 1.65. The molecule has 2 heterocycles. The number of nitrogens with one attached hydrogen (secondary N) is 1. The molecule has 2 saturated heterocycles. The number of hydrogen-bond acceptors (Lipinski definition) is 3. The van der Waals surface area contributed by atoms with E-state index in [2.05, 4.69) is 10.2 Å². The van der Waals surface area contributed by atoms with Crippen molar-refractivity contribution in [2.24, 2.45) is 5.92 Å². The molecule has 17 heavy (non-hydrogen) atoms. The third-order valence-electron chi connectivity index (χ3n) is 4.70.